The molecular weight excluding hydrogens is 392 g/mol. The highest BCUT2D eigenvalue weighted by Gasteiger charge is 2.46. The van der Waals surface area contributed by atoms with Crippen LogP contribution in [0.15, 0.2) is 60.7 Å². The van der Waals surface area contributed by atoms with Crippen LogP contribution >= 0.6 is 24.0 Å². The Balaban J connectivity index is 1.68. The largest absolute Gasteiger partial charge is 0.445 e. The molecule has 1 saturated heterocycles. The lowest BCUT2D eigenvalue weighted by molar-refractivity contribution is -0.130. The monoisotopic (exact) mass is 414 g/mol. The number of ether oxygens (including phenoxy) is 1. The lowest BCUT2D eigenvalue weighted by Crippen LogP contribution is -2.62. The van der Waals surface area contributed by atoms with Gasteiger partial charge in [-0.25, -0.2) is 4.79 Å². The maximum Gasteiger partial charge on any atom is 0.408 e. The first-order valence-electron chi connectivity index (χ1n) is 8.92. The summed E-state index contributed by atoms with van der Waals surface area (Å²) in [5, 5.41) is 2.73. The molecule has 0 aliphatic carbocycles. The zero-order chi connectivity index (χ0) is 20.1. The van der Waals surface area contributed by atoms with E-state index in [1.807, 2.05) is 74.5 Å². The average Bonchev–Trinajstić information content (AvgIpc) is 2.68. The van der Waals surface area contributed by atoms with E-state index in [1.54, 1.807) is 4.90 Å². The van der Waals surface area contributed by atoms with Gasteiger partial charge in [-0.2, -0.15) is 0 Å². The highest BCUT2D eigenvalue weighted by molar-refractivity contribution is 8.24. The van der Waals surface area contributed by atoms with E-state index < -0.39 is 16.9 Å². The lowest BCUT2D eigenvalue weighted by Gasteiger charge is -2.42. The molecule has 146 valence electrons. The fourth-order valence-corrected chi connectivity index (χ4v) is 4.70. The minimum Gasteiger partial charge on any atom is -0.445 e. The third kappa shape index (κ3) is 4.91. The van der Waals surface area contributed by atoms with Crippen molar-refractivity contribution in [3.8, 4) is 0 Å². The van der Waals surface area contributed by atoms with Crippen molar-refractivity contribution in [2.45, 2.75) is 37.8 Å². The quantitative estimate of drug-likeness (QED) is 0.746. The summed E-state index contributed by atoms with van der Waals surface area (Å²) in [6.07, 6.45) is -0.622. The predicted molar refractivity (Wildman–Crippen MR) is 115 cm³/mol. The number of nitrogens with one attached hydrogen (secondary N) is 1. The zero-order valence-electron chi connectivity index (χ0n) is 15.8. The minimum atomic E-state index is -0.740. The first-order chi connectivity index (χ1) is 13.4. The predicted octanol–water partition coefficient (Wildman–Crippen LogP) is 4.12. The summed E-state index contributed by atoms with van der Waals surface area (Å²) in [6.45, 7) is 4.31. The number of carbonyl (C=O) groups is 2. The Morgan fingerprint density at radius 3 is 2.29 bits per heavy atom. The van der Waals surface area contributed by atoms with Crippen molar-refractivity contribution in [1.29, 1.82) is 0 Å². The van der Waals surface area contributed by atoms with Gasteiger partial charge in [0.05, 0.1) is 6.54 Å². The van der Waals surface area contributed by atoms with Gasteiger partial charge >= 0.3 is 6.09 Å². The van der Waals surface area contributed by atoms with Gasteiger partial charge in [0.25, 0.3) is 5.91 Å². The summed E-state index contributed by atoms with van der Waals surface area (Å²) in [4.78, 5) is 27.0. The van der Waals surface area contributed by atoms with Gasteiger partial charge < -0.3 is 10.1 Å². The highest BCUT2D eigenvalue weighted by Crippen LogP contribution is 2.37. The SMILES string of the molecule is CC1(C)SC(=S)N(Cc2ccccc2)C(=O)C1NC(=O)OCc1ccccc1. The highest BCUT2D eigenvalue weighted by atomic mass is 32.2. The number of amides is 2. The molecule has 0 saturated carbocycles. The molecule has 1 N–H and O–H groups in total. The Morgan fingerprint density at radius 1 is 1.11 bits per heavy atom. The summed E-state index contributed by atoms with van der Waals surface area (Å²) in [5.41, 5.74) is 1.86. The van der Waals surface area contributed by atoms with Crippen molar-refractivity contribution in [3.63, 3.8) is 0 Å². The van der Waals surface area contributed by atoms with E-state index >= 15 is 0 Å². The smallest absolute Gasteiger partial charge is 0.408 e. The van der Waals surface area contributed by atoms with Crippen molar-refractivity contribution in [1.82, 2.24) is 10.2 Å². The van der Waals surface area contributed by atoms with Gasteiger partial charge in [0.2, 0.25) is 0 Å². The molecule has 1 heterocycles. The Hall–Kier alpha value is -2.38. The lowest BCUT2D eigenvalue weighted by atomic mass is 10.0. The minimum absolute atomic E-state index is 0.146. The van der Waals surface area contributed by atoms with Gasteiger partial charge in [-0.3, -0.25) is 9.69 Å². The molecule has 1 aliphatic rings. The molecular formula is C21H22N2O3S2. The second-order valence-corrected chi connectivity index (χ2v) is 9.31. The standard InChI is InChI=1S/C21H22N2O3S2/c1-21(2)17(22-19(25)26-14-16-11-7-4-8-12-16)18(24)23(20(27)28-21)13-15-9-5-3-6-10-15/h3-12,17H,13-14H2,1-2H3,(H,22,25). The van der Waals surface area contributed by atoms with E-state index in [9.17, 15) is 9.59 Å². The van der Waals surface area contributed by atoms with Crippen LogP contribution in [0, 0.1) is 0 Å². The third-order valence-electron chi connectivity index (χ3n) is 4.44. The van der Waals surface area contributed by atoms with Gasteiger partial charge in [-0.15, -0.1) is 0 Å². The molecule has 1 fully saturated rings. The average molecular weight is 415 g/mol. The van der Waals surface area contributed by atoms with Crippen LogP contribution < -0.4 is 5.32 Å². The maximum atomic E-state index is 13.1. The summed E-state index contributed by atoms with van der Waals surface area (Å²) in [6, 6.07) is 18.3. The molecule has 2 aromatic rings. The molecule has 1 unspecified atom stereocenters. The summed E-state index contributed by atoms with van der Waals surface area (Å²) in [5.74, 6) is -0.228. The normalized spacial score (nSPS) is 18.6. The number of thioether (sulfide) groups is 1. The molecule has 5 nitrogen and oxygen atoms in total. The number of benzene rings is 2. The second kappa shape index (κ2) is 8.75. The Kier molecular flexibility index (Phi) is 6.36. The van der Waals surface area contributed by atoms with E-state index in [0.29, 0.717) is 10.9 Å². The fraction of sp³-hybridized carbons (Fsp3) is 0.286. The zero-order valence-corrected chi connectivity index (χ0v) is 17.4. The van der Waals surface area contributed by atoms with Crippen LogP contribution in [-0.2, 0) is 22.7 Å². The molecule has 7 heteroatoms. The Morgan fingerprint density at radius 2 is 1.68 bits per heavy atom. The number of hydrogen-bond donors (Lipinski definition) is 1. The van der Waals surface area contributed by atoms with E-state index in [-0.39, 0.29) is 12.5 Å². The number of thiocarbonyl (C=S) groups is 1. The fourth-order valence-electron chi connectivity index (χ4n) is 2.91. The van der Waals surface area contributed by atoms with Gasteiger partial charge in [-0.05, 0) is 25.0 Å². The molecule has 1 atom stereocenters. The van der Waals surface area contributed by atoms with Crippen molar-refractivity contribution >= 4 is 40.3 Å². The van der Waals surface area contributed by atoms with E-state index in [2.05, 4.69) is 5.32 Å². The number of nitrogens with zero attached hydrogens (tertiary/aromatic N) is 1. The topological polar surface area (TPSA) is 58.6 Å². The van der Waals surface area contributed by atoms with Crippen LogP contribution in [0.4, 0.5) is 4.79 Å². The molecule has 3 rings (SSSR count). The van der Waals surface area contributed by atoms with Gasteiger partial charge in [0.1, 0.15) is 17.0 Å². The first-order valence-corrected chi connectivity index (χ1v) is 10.1. The molecule has 28 heavy (non-hydrogen) atoms. The molecule has 0 spiro atoms. The van der Waals surface area contributed by atoms with Crippen LogP contribution in [0.2, 0.25) is 0 Å². The van der Waals surface area contributed by atoms with E-state index in [0.717, 1.165) is 11.1 Å². The molecule has 2 amide bonds. The van der Waals surface area contributed by atoms with Crippen LogP contribution in [-0.4, -0.2) is 32.0 Å². The molecule has 0 radical (unpaired) electrons. The van der Waals surface area contributed by atoms with Crippen LogP contribution in [0.5, 0.6) is 0 Å². The molecule has 2 aromatic carbocycles. The van der Waals surface area contributed by atoms with Gasteiger partial charge in [0.15, 0.2) is 0 Å². The molecule has 1 aliphatic heterocycles. The second-order valence-electron chi connectivity index (χ2n) is 7.02. The van der Waals surface area contributed by atoms with Gasteiger partial charge in [-0.1, -0.05) is 84.6 Å². The van der Waals surface area contributed by atoms with Crippen molar-refractivity contribution in [2.75, 3.05) is 0 Å². The summed E-state index contributed by atoms with van der Waals surface area (Å²) >= 11 is 6.86. The summed E-state index contributed by atoms with van der Waals surface area (Å²) in [7, 11) is 0. The summed E-state index contributed by atoms with van der Waals surface area (Å²) < 4.78 is 5.22. The number of hydrogen-bond acceptors (Lipinski definition) is 5. The van der Waals surface area contributed by atoms with Crippen LogP contribution in [0.25, 0.3) is 0 Å². The Labute approximate surface area is 174 Å². The van der Waals surface area contributed by atoms with Crippen molar-refractivity contribution in [2.24, 2.45) is 0 Å². The maximum absolute atomic E-state index is 13.1. The van der Waals surface area contributed by atoms with Crippen molar-refractivity contribution < 1.29 is 14.3 Å². The van der Waals surface area contributed by atoms with Gasteiger partial charge in [0, 0.05) is 4.75 Å². The van der Waals surface area contributed by atoms with E-state index in [4.69, 9.17) is 17.0 Å². The Bertz CT molecular complexity index is 856. The number of alkyl carbamates (subject to hydrolysis) is 1. The third-order valence-corrected chi connectivity index (χ3v) is 6.06. The number of carbonyl (C=O) groups excluding carboxylic acids is 2. The van der Waals surface area contributed by atoms with E-state index in [1.165, 1.54) is 11.8 Å². The molecule has 0 bridgehead atoms. The van der Waals surface area contributed by atoms with Crippen LogP contribution in [0.1, 0.15) is 25.0 Å². The van der Waals surface area contributed by atoms with Crippen molar-refractivity contribution in [3.05, 3.63) is 71.8 Å². The van der Waals surface area contributed by atoms with Crippen LogP contribution in [0.3, 0.4) is 0 Å². The first kappa shape index (κ1) is 20.4. The molecule has 0 aromatic heterocycles. The number of rotatable bonds is 5.